The molecule has 0 aliphatic carbocycles. The van der Waals surface area contributed by atoms with Crippen LogP contribution in [-0.4, -0.2) is 24.2 Å². The lowest BCUT2D eigenvalue weighted by Gasteiger charge is -2.34. The van der Waals surface area contributed by atoms with Gasteiger partial charge in [-0.2, -0.15) is 30.7 Å². The quantitative estimate of drug-likeness (QED) is 0.160. The van der Waals surface area contributed by atoms with Crippen molar-refractivity contribution >= 4 is 5.69 Å². The van der Waals surface area contributed by atoms with Gasteiger partial charge in [0.15, 0.2) is 0 Å². The molecule has 1 unspecified atom stereocenters. The normalized spacial score (nSPS) is 12.8. The molecule has 1 N–H and O–H groups in total. The molecule has 0 radical (unpaired) electrons. The van der Waals surface area contributed by atoms with Gasteiger partial charge in [-0.1, -0.05) is 56.3 Å². The van der Waals surface area contributed by atoms with Crippen molar-refractivity contribution in [1.82, 2.24) is 0 Å². The topological polar surface area (TPSA) is 41.9 Å². The monoisotopic (exact) mass is 621 g/mol. The van der Waals surface area contributed by atoms with Gasteiger partial charge in [0.1, 0.15) is 17.2 Å². The zero-order valence-corrected chi connectivity index (χ0v) is 23.7. The minimum atomic E-state index is -4.73. The van der Waals surface area contributed by atoms with E-state index in [4.69, 9.17) is 4.74 Å². The van der Waals surface area contributed by atoms with Crippen LogP contribution in [0.5, 0.6) is 17.2 Å². The van der Waals surface area contributed by atoms with Crippen molar-refractivity contribution in [1.29, 1.82) is 0 Å². The van der Waals surface area contributed by atoms with Crippen LogP contribution in [0.25, 0.3) is 0 Å². The van der Waals surface area contributed by atoms with Crippen LogP contribution in [0, 0.1) is 0 Å². The Hall–Kier alpha value is -4.25. The van der Waals surface area contributed by atoms with Crippen molar-refractivity contribution in [2.75, 3.05) is 11.5 Å². The number of anilines is 1. The predicted molar refractivity (Wildman–Crippen MR) is 153 cm³/mol. The Bertz CT molecular complexity index is 1540. The van der Waals surface area contributed by atoms with Gasteiger partial charge in [-0.05, 0) is 71.1 Å². The molecule has 234 valence electrons. The molecule has 0 bridgehead atoms. The summed E-state index contributed by atoms with van der Waals surface area (Å²) in [6.07, 6.45) is -13.4. The van der Waals surface area contributed by atoms with Gasteiger partial charge in [-0.15, -0.1) is 0 Å². The van der Waals surface area contributed by atoms with Crippen LogP contribution in [0.4, 0.5) is 36.4 Å². The maximum absolute atomic E-state index is 13.6. The van der Waals surface area contributed by atoms with E-state index in [1.165, 1.54) is 24.3 Å². The molecule has 0 saturated heterocycles. The molecule has 4 rings (SSSR count). The molecule has 1 atom stereocenters. The summed E-state index contributed by atoms with van der Waals surface area (Å²) in [4.78, 5) is 1.57. The Morgan fingerprint density at radius 1 is 0.727 bits per heavy atom. The molecule has 0 aliphatic heterocycles. The van der Waals surface area contributed by atoms with E-state index in [1.807, 2.05) is 32.0 Å². The number of aliphatic hydroxyl groups is 1. The number of rotatable bonds is 12. The highest BCUT2D eigenvalue weighted by Crippen LogP contribution is 2.37. The third kappa shape index (κ3) is 8.22. The summed E-state index contributed by atoms with van der Waals surface area (Å²) < 4.78 is 104. The van der Waals surface area contributed by atoms with Crippen molar-refractivity contribution in [3.05, 3.63) is 119 Å². The summed E-state index contributed by atoms with van der Waals surface area (Å²) in [5.41, 5.74) is 0.983. The second-order valence-electron chi connectivity index (χ2n) is 10.4. The number of aliphatic hydroxyl groups excluding tert-OH is 1. The zero-order chi connectivity index (χ0) is 32.1. The first kappa shape index (κ1) is 32.7. The van der Waals surface area contributed by atoms with Gasteiger partial charge in [0.05, 0.1) is 18.2 Å². The third-order valence-corrected chi connectivity index (χ3v) is 6.82. The first-order chi connectivity index (χ1) is 20.8. The maximum Gasteiger partial charge on any atom is 0.461 e. The number of nitrogens with zero attached hydrogens (tertiary/aromatic N) is 1. The first-order valence-corrected chi connectivity index (χ1v) is 13.6. The first-order valence-electron chi connectivity index (χ1n) is 13.6. The standard InChI is InChI=1S/C33H30F7NO3/c1-21(2)23-8-5-12-27(17-23)43-28-13-6-11-26(18-28)41(30(20-42)24-9-4-10-25(16-24)32(36,37)38)19-22-7-3-14-29(15-22)44-33(39,40)31(34)35/h3-18,21,30-31,42H,19-20H2,1-2H3. The van der Waals surface area contributed by atoms with Crippen LogP contribution in [0.2, 0.25) is 0 Å². The predicted octanol–water partition coefficient (Wildman–Crippen LogP) is 9.60. The summed E-state index contributed by atoms with van der Waals surface area (Å²) >= 11 is 0. The summed E-state index contributed by atoms with van der Waals surface area (Å²) in [5.74, 6) is 0.664. The van der Waals surface area contributed by atoms with Gasteiger partial charge < -0.3 is 19.5 Å². The summed E-state index contributed by atoms with van der Waals surface area (Å²) in [6, 6.07) is 22.6. The van der Waals surface area contributed by atoms with Crippen molar-refractivity contribution in [2.24, 2.45) is 0 Å². The lowest BCUT2D eigenvalue weighted by Crippen LogP contribution is -2.33. The fraction of sp³-hybridized carbons (Fsp3) is 0.273. The van der Waals surface area contributed by atoms with E-state index in [1.54, 1.807) is 35.2 Å². The van der Waals surface area contributed by atoms with Crippen LogP contribution >= 0.6 is 0 Å². The highest BCUT2D eigenvalue weighted by atomic mass is 19.4. The maximum atomic E-state index is 13.6. The molecule has 0 spiro atoms. The summed E-state index contributed by atoms with van der Waals surface area (Å²) in [7, 11) is 0. The highest BCUT2D eigenvalue weighted by molar-refractivity contribution is 5.54. The van der Waals surface area contributed by atoms with E-state index in [2.05, 4.69) is 4.74 Å². The van der Waals surface area contributed by atoms with Gasteiger partial charge in [0, 0.05) is 18.3 Å². The lowest BCUT2D eigenvalue weighted by molar-refractivity contribution is -0.253. The number of hydrogen-bond acceptors (Lipinski definition) is 4. The SMILES string of the molecule is CC(C)c1cccc(Oc2cccc(N(Cc3cccc(OC(F)(F)C(F)F)c3)C(CO)c3cccc(C(F)(F)F)c3)c2)c1. The second-order valence-corrected chi connectivity index (χ2v) is 10.4. The van der Waals surface area contributed by atoms with Crippen molar-refractivity contribution < 1.29 is 45.3 Å². The average Bonchev–Trinajstić information content (AvgIpc) is 2.97. The van der Waals surface area contributed by atoms with Gasteiger partial charge >= 0.3 is 18.7 Å². The smallest absolute Gasteiger partial charge is 0.457 e. The molecule has 4 aromatic rings. The molecule has 44 heavy (non-hydrogen) atoms. The molecule has 0 aliphatic rings. The Balaban J connectivity index is 1.74. The van der Waals surface area contributed by atoms with Gasteiger partial charge in [-0.25, -0.2) is 0 Å². The fourth-order valence-corrected chi connectivity index (χ4v) is 4.59. The van der Waals surface area contributed by atoms with E-state index in [0.717, 1.165) is 29.8 Å². The number of ether oxygens (including phenoxy) is 2. The number of hydrogen-bond donors (Lipinski definition) is 1. The largest absolute Gasteiger partial charge is 0.461 e. The minimum Gasteiger partial charge on any atom is -0.457 e. The Kier molecular flexibility index (Phi) is 10.1. The second kappa shape index (κ2) is 13.6. The van der Waals surface area contributed by atoms with Crippen LogP contribution in [-0.2, 0) is 12.7 Å². The van der Waals surface area contributed by atoms with Gasteiger partial charge in [0.25, 0.3) is 0 Å². The van der Waals surface area contributed by atoms with Crippen LogP contribution < -0.4 is 14.4 Å². The Morgan fingerprint density at radius 3 is 2.00 bits per heavy atom. The van der Waals surface area contributed by atoms with Crippen molar-refractivity contribution in [2.45, 2.75) is 51.1 Å². The van der Waals surface area contributed by atoms with Crippen molar-refractivity contribution in [3.63, 3.8) is 0 Å². The van der Waals surface area contributed by atoms with Crippen molar-refractivity contribution in [3.8, 4) is 17.2 Å². The van der Waals surface area contributed by atoms with E-state index in [9.17, 15) is 35.8 Å². The minimum absolute atomic E-state index is 0.134. The third-order valence-electron chi connectivity index (χ3n) is 6.82. The molecular weight excluding hydrogens is 591 g/mol. The molecule has 4 aromatic carbocycles. The number of halogens is 7. The van der Waals surface area contributed by atoms with E-state index >= 15 is 0 Å². The zero-order valence-electron chi connectivity index (χ0n) is 23.7. The van der Waals surface area contributed by atoms with E-state index in [-0.39, 0.29) is 18.0 Å². The lowest BCUT2D eigenvalue weighted by atomic mass is 10.0. The van der Waals surface area contributed by atoms with E-state index in [0.29, 0.717) is 22.7 Å². The molecule has 0 saturated carbocycles. The molecule has 0 heterocycles. The Morgan fingerprint density at radius 2 is 1.34 bits per heavy atom. The van der Waals surface area contributed by atoms with Gasteiger partial charge in [-0.3, -0.25) is 0 Å². The average molecular weight is 622 g/mol. The van der Waals surface area contributed by atoms with Crippen LogP contribution in [0.1, 0.15) is 48.1 Å². The van der Waals surface area contributed by atoms with Crippen LogP contribution in [0.3, 0.4) is 0 Å². The van der Waals surface area contributed by atoms with Gasteiger partial charge in [0.2, 0.25) is 0 Å². The Labute approximate surface area is 250 Å². The number of alkyl halides is 7. The molecule has 0 aromatic heterocycles. The highest BCUT2D eigenvalue weighted by Gasteiger charge is 2.44. The molecule has 0 fully saturated rings. The molecule has 11 heteroatoms. The summed E-state index contributed by atoms with van der Waals surface area (Å²) in [5, 5.41) is 10.5. The molecule has 0 amide bonds. The molecule has 4 nitrogen and oxygen atoms in total. The van der Waals surface area contributed by atoms with Crippen LogP contribution in [0.15, 0.2) is 97.1 Å². The molecular formula is C33H30F7NO3. The summed E-state index contributed by atoms with van der Waals surface area (Å²) in [6.45, 7) is 3.32. The van der Waals surface area contributed by atoms with E-state index < -0.39 is 42.7 Å². The number of benzene rings is 4. The fourth-order valence-electron chi connectivity index (χ4n) is 4.59.